The van der Waals surface area contributed by atoms with Crippen molar-refractivity contribution in [2.24, 2.45) is 4.74 Å². The van der Waals surface area contributed by atoms with Crippen LogP contribution in [0.2, 0.25) is 0 Å². The summed E-state index contributed by atoms with van der Waals surface area (Å²) in [6.45, 7) is 4.40. The Morgan fingerprint density at radius 3 is 1.45 bits per heavy atom. The van der Waals surface area contributed by atoms with Gasteiger partial charge in [-0.05, 0) is 116 Å². The minimum Gasteiger partial charge on any atom is -0.310 e. The summed E-state index contributed by atoms with van der Waals surface area (Å²) in [4.78, 5) is 2.36. The number of aryl methyl sites for hydroxylation is 2. The Kier molecular flexibility index (Phi) is 5.58. The van der Waals surface area contributed by atoms with Gasteiger partial charge < -0.3 is 4.90 Å². The van der Waals surface area contributed by atoms with E-state index in [0.717, 1.165) is 22.7 Å². The first-order chi connectivity index (χ1) is 20.6. The fourth-order valence-electron chi connectivity index (χ4n) is 7.24. The lowest BCUT2D eigenvalue weighted by Gasteiger charge is -2.32. The van der Waals surface area contributed by atoms with Gasteiger partial charge in [0.15, 0.2) is 0 Å². The molecule has 42 heavy (non-hydrogen) atoms. The van der Waals surface area contributed by atoms with Crippen LogP contribution in [0.1, 0.15) is 33.4 Å². The maximum atomic E-state index is 4.43. The van der Waals surface area contributed by atoms with Crippen molar-refractivity contribution >= 4 is 31.8 Å². The number of nitrogens with zero attached hydrogens (tertiary/aromatic N) is 2. The summed E-state index contributed by atoms with van der Waals surface area (Å²) in [7, 11) is 3.44. The molecule has 0 saturated carbocycles. The van der Waals surface area contributed by atoms with Gasteiger partial charge in [-0.3, -0.25) is 0 Å². The van der Waals surface area contributed by atoms with E-state index >= 15 is 0 Å². The predicted molar refractivity (Wildman–Crippen MR) is 177 cm³/mol. The minimum absolute atomic E-state index is 0.449. The fraction of sp³-hybridized carbons (Fsp3) is 0.0769. The van der Waals surface area contributed by atoms with Crippen molar-refractivity contribution in [2.75, 3.05) is 4.90 Å². The third kappa shape index (κ3) is 3.46. The van der Waals surface area contributed by atoms with Crippen molar-refractivity contribution in [3.05, 3.63) is 167 Å². The van der Waals surface area contributed by atoms with Gasteiger partial charge in [0.2, 0.25) is 0 Å². The molecule has 0 aromatic heterocycles. The zero-order valence-corrected chi connectivity index (χ0v) is 24.6. The van der Waals surface area contributed by atoms with E-state index in [1.807, 2.05) is 0 Å². The largest absolute Gasteiger partial charge is 0.310 e. The highest BCUT2D eigenvalue weighted by Crippen LogP contribution is 2.64. The Morgan fingerprint density at radius 1 is 0.476 bits per heavy atom. The Morgan fingerprint density at radius 2 is 0.929 bits per heavy atom. The van der Waals surface area contributed by atoms with E-state index in [2.05, 4.69) is 166 Å². The van der Waals surface area contributed by atoms with Crippen LogP contribution < -0.4 is 4.90 Å². The fourth-order valence-corrected chi connectivity index (χ4v) is 7.38. The number of para-hydroxylation sites is 2. The van der Waals surface area contributed by atoms with Crippen molar-refractivity contribution in [1.29, 1.82) is 0 Å². The SMILES string of the molecule is Cc1ccc2c(c1)C1(c3cc(C)ccc3-c3ccc(N(c4ccccc4)c4ccccc4)cc31)c1cc(N=P)ccc1-2. The summed E-state index contributed by atoms with van der Waals surface area (Å²) in [6.07, 6.45) is 0. The Balaban J connectivity index is 1.49. The van der Waals surface area contributed by atoms with Gasteiger partial charge in [0, 0.05) is 17.1 Å². The molecule has 2 aliphatic rings. The zero-order chi connectivity index (χ0) is 28.4. The monoisotopic (exact) mass is 556 g/mol. The quantitative estimate of drug-likeness (QED) is 0.197. The van der Waals surface area contributed by atoms with E-state index in [1.54, 1.807) is 0 Å². The maximum Gasteiger partial charge on any atom is 0.0727 e. The van der Waals surface area contributed by atoms with Gasteiger partial charge in [0.1, 0.15) is 0 Å². The second-order valence-corrected chi connectivity index (χ2v) is 11.6. The van der Waals surface area contributed by atoms with Gasteiger partial charge >= 0.3 is 0 Å². The van der Waals surface area contributed by atoms with Gasteiger partial charge in [-0.15, -0.1) is 0 Å². The van der Waals surface area contributed by atoms with Crippen LogP contribution in [-0.4, -0.2) is 0 Å². The molecule has 0 aliphatic heterocycles. The lowest BCUT2D eigenvalue weighted by atomic mass is 9.70. The number of rotatable bonds is 4. The minimum atomic E-state index is -0.449. The molecule has 3 heteroatoms. The molecule has 1 atom stereocenters. The first-order valence-electron chi connectivity index (χ1n) is 14.4. The first kappa shape index (κ1) is 25.0. The summed E-state index contributed by atoms with van der Waals surface area (Å²) in [5, 5.41) is 0. The highest BCUT2D eigenvalue weighted by Gasteiger charge is 2.52. The molecule has 0 bridgehead atoms. The molecule has 8 rings (SSSR count). The van der Waals surface area contributed by atoms with Crippen LogP contribution in [0.25, 0.3) is 22.3 Å². The summed E-state index contributed by atoms with van der Waals surface area (Å²) < 4.78 is 4.43. The molecule has 1 unspecified atom stereocenters. The van der Waals surface area contributed by atoms with E-state index in [4.69, 9.17) is 0 Å². The first-order valence-corrected chi connectivity index (χ1v) is 14.8. The third-order valence-corrected chi connectivity index (χ3v) is 9.23. The molecule has 6 aromatic rings. The zero-order valence-electron chi connectivity index (χ0n) is 23.6. The summed E-state index contributed by atoms with van der Waals surface area (Å²) in [5.41, 5.74) is 16.9. The van der Waals surface area contributed by atoms with Crippen molar-refractivity contribution in [1.82, 2.24) is 0 Å². The van der Waals surface area contributed by atoms with Crippen LogP contribution in [0, 0.1) is 13.8 Å². The maximum absolute atomic E-state index is 4.43. The predicted octanol–water partition coefficient (Wildman–Crippen LogP) is 11.1. The van der Waals surface area contributed by atoms with Gasteiger partial charge in [-0.1, -0.05) is 96.1 Å². The second kappa shape index (κ2) is 9.38. The molecule has 200 valence electrons. The molecule has 0 saturated heterocycles. The van der Waals surface area contributed by atoms with Crippen molar-refractivity contribution in [3.63, 3.8) is 0 Å². The summed E-state index contributed by atoms with van der Waals surface area (Å²) >= 11 is 0. The van der Waals surface area contributed by atoms with E-state index in [9.17, 15) is 0 Å². The van der Waals surface area contributed by atoms with Crippen LogP contribution in [0.4, 0.5) is 22.7 Å². The Hall–Kier alpha value is -4.78. The molecule has 0 heterocycles. The van der Waals surface area contributed by atoms with E-state index in [1.165, 1.54) is 55.6 Å². The van der Waals surface area contributed by atoms with Gasteiger partial charge in [-0.25, -0.2) is 4.74 Å². The average molecular weight is 557 g/mol. The number of hydrogen-bond donors (Lipinski definition) is 0. The van der Waals surface area contributed by atoms with Gasteiger partial charge in [0.05, 0.1) is 11.1 Å². The second-order valence-electron chi connectivity index (χ2n) is 11.4. The van der Waals surface area contributed by atoms with E-state index < -0.39 is 5.41 Å². The number of anilines is 3. The third-order valence-electron chi connectivity index (χ3n) is 8.97. The molecule has 2 nitrogen and oxygen atoms in total. The van der Waals surface area contributed by atoms with Gasteiger partial charge in [0.25, 0.3) is 0 Å². The molecular weight excluding hydrogens is 527 g/mol. The Bertz CT molecular complexity index is 1970. The lowest BCUT2D eigenvalue weighted by molar-refractivity contribution is 0.791. The lowest BCUT2D eigenvalue weighted by Crippen LogP contribution is -2.26. The molecule has 6 aromatic carbocycles. The van der Waals surface area contributed by atoms with Gasteiger partial charge in [-0.2, -0.15) is 0 Å². The van der Waals surface area contributed by atoms with Crippen LogP contribution in [0.15, 0.2) is 138 Å². The van der Waals surface area contributed by atoms with Crippen LogP contribution in [-0.2, 0) is 5.41 Å². The van der Waals surface area contributed by atoms with Crippen LogP contribution >= 0.6 is 9.03 Å². The molecule has 1 spiro atoms. The average Bonchev–Trinajstić information content (AvgIpc) is 3.47. The molecule has 0 N–H and O–H groups in total. The number of hydrogen-bond acceptors (Lipinski definition) is 2. The molecular formula is C39H29N2P. The van der Waals surface area contributed by atoms with Crippen molar-refractivity contribution in [3.8, 4) is 22.3 Å². The normalized spacial score (nSPS) is 15.6. The van der Waals surface area contributed by atoms with E-state index in [-0.39, 0.29) is 0 Å². The van der Waals surface area contributed by atoms with Crippen molar-refractivity contribution in [2.45, 2.75) is 19.3 Å². The molecule has 0 fully saturated rings. The van der Waals surface area contributed by atoms with Crippen molar-refractivity contribution < 1.29 is 0 Å². The topological polar surface area (TPSA) is 15.6 Å². The molecule has 0 radical (unpaired) electrons. The highest BCUT2D eigenvalue weighted by molar-refractivity contribution is 7.04. The Labute approximate surface area is 249 Å². The standard InChI is InChI=1S/C39H29N2P/c1-25-13-17-31-33-19-15-27(40-42)23-37(33)39(35(31)21-25)36-22-26(2)14-18-32(36)34-20-16-30(24-38(34)39)41(28-9-5-3-6-10-28)29-11-7-4-8-12-29/h3-24,42H,1-2H3. The summed E-state index contributed by atoms with van der Waals surface area (Å²) in [6, 6.07) is 48.9. The number of benzene rings is 6. The van der Waals surface area contributed by atoms with Crippen LogP contribution in [0.5, 0.6) is 0 Å². The highest BCUT2D eigenvalue weighted by atomic mass is 31.0. The molecule has 0 amide bonds. The summed E-state index contributed by atoms with van der Waals surface area (Å²) in [5.74, 6) is 0. The molecule has 2 aliphatic carbocycles. The van der Waals surface area contributed by atoms with E-state index in [0.29, 0.717) is 0 Å². The number of fused-ring (bicyclic) bond motifs is 10. The smallest absolute Gasteiger partial charge is 0.0727 e. The van der Waals surface area contributed by atoms with Crippen LogP contribution in [0.3, 0.4) is 0 Å².